The average Bonchev–Trinajstić information content (AvgIpc) is 2.31. The summed E-state index contributed by atoms with van der Waals surface area (Å²) in [5, 5.41) is 4.24. The minimum atomic E-state index is 0.274. The third-order valence-electron chi connectivity index (χ3n) is 1.21. The zero-order chi connectivity index (χ0) is 7.84. The molecule has 0 N–H and O–H groups in total. The van der Waals surface area contributed by atoms with E-state index in [0.29, 0.717) is 11.6 Å². The zero-order valence-corrected chi connectivity index (χ0v) is 6.45. The molecule has 0 aromatic carbocycles. The van der Waals surface area contributed by atoms with Crippen LogP contribution < -0.4 is 0 Å². The maximum atomic E-state index is 5.68. The van der Waals surface area contributed by atoms with Crippen molar-refractivity contribution in [2.45, 2.75) is 6.92 Å². The molecule has 0 amide bonds. The largest absolute Gasteiger partial charge is 0.256 e. The number of rotatable bonds is 0. The maximum Gasteiger partial charge on any atom is 0.256 e. The smallest absolute Gasteiger partial charge is 0.206 e. The number of aryl methyl sites for hydroxylation is 1. The molecule has 0 spiro atoms. The second-order valence-electron chi connectivity index (χ2n) is 2.01. The topological polar surface area (TPSA) is 56.0 Å². The van der Waals surface area contributed by atoms with Crippen LogP contribution in [-0.4, -0.2) is 24.6 Å². The molecule has 0 unspecified atom stereocenters. The van der Waals surface area contributed by atoms with Crippen molar-refractivity contribution in [1.82, 2.24) is 24.6 Å². The summed E-state index contributed by atoms with van der Waals surface area (Å²) < 4.78 is 1.39. The van der Waals surface area contributed by atoms with Crippen LogP contribution in [0.3, 0.4) is 0 Å². The lowest BCUT2D eigenvalue weighted by atomic mass is 10.8. The first kappa shape index (κ1) is 6.48. The fourth-order valence-electron chi connectivity index (χ4n) is 0.794. The van der Waals surface area contributed by atoms with Gasteiger partial charge in [0, 0.05) is 0 Å². The van der Waals surface area contributed by atoms with E-state index in [-0.39, 0.29) is 5.28 Å². The monoisotopic (exact) mass is 169 g/mol. The van der Waals surface area contributed by atoms with Gasteiger partial charge in [0.2, 0.25) is 5.28 Å². The highest BCUT2D eigenvalue weighted by molar-refractivity contribution is 6.28. The first-order valence-electron chi connectivity index (χ1n) is 2.97. The fourth-order valence-corrected chi connectivity index (χ4v) is 0.951. The number of aromatic nitrogens is 5. The Bertz CT molecular complexity index is 395. The summed E-state index contributed by atoms with van der Waals surface area (Å²) in [5.41, 5.74) is 0. The molecule has 0 aliphatic heterocycles. The van der Waals surface area contributed by atoms with Crippen LogP contribution >= 0.6 is 11.6 Å². The molecule has 5 nitrogen and oxygen atoms in total. The van der Waals surface area contributed by atoms with Gasteiger partial charge < -0.3 is 0 Å². The second-order valence-corrected chi connectivity index (χ2v) is 2.35. The van der Waals surface area contributed by atoms with E-state index in [1.54, 1.807) is 6.92 Å². The van der Waals surface area contributed by atoms with Crippen molar-refractivity contribution in [3.05, 3.63) is 17.4 Å². The highest BCUT2D eigenvalue weighted by Gasteiger charge is 2.02. The molecule has 0 atom stereocenters. The van der Waals surface area contributed by atoms with Crippen molar-refractivity contribution >= 4 is 17.4 Å². The minimum absolute atomic E-state index is 0.274. The van der Waals surface area contributed by atoms with Crippen molar-refractivity contribution in [2.75, 3.05) is 0 Å². The van der Waals surface area contributed by atoms with Crippen LogP contribution in [0.5, 0.6) is 0 Å². The highest BCUT2D eigenvalue weighted by Crippen LogP contribution is 2.03. The molecule has 2 rings (SSSR count). The Morgan fingerprint density at radius 1 is 1.45 bits per heavy atom. The van der Waals surface area contributed by atoms with Gasteiger partial charge in [-0.2, -0.15) is 14.5 Å². The molecule has 0 aliphatic carbocycles. The summed E-state index contributed by atoms with van der Waals surface area (Å²) in [6, 6.07) is 0. The van der Waals surface area contributed by atoms with E-state index in [0.717, 1.165) is 0 Å². The van der Waals surface area contributed by atoms with Crippen molar-refractivity contribution in [2.24, 2.45) is 0 Å². The van der Waals surface area contributed by atoms with Gasteiger partial charge in [-0.3, -0.25) is 0 Å². The molecule has 2 aromatic rings. The summed E-state index contributed by atoms with van der Waals surface area (Å²) in [4.78, 5) is 11.6. The van der Waals surface area contributed by atoms with Crippen molar-refractivity contribution in [3.8, 4) is 0 Å². The van der Waals surface area contributed by atoms with Crippen LogP contribution in [-0.2, 0) is 0 Å². The number of hydrogen-bond donors (Lipinski definition) is 0. The molecule has 11 heavy (non-hydrogen) atoms. The highest BCUT2D eigenvalue weighted by atomic mass is 35.5. The molecule has 0 bridgehead atoms. The van der Waals surface area contributed by atoms with Gasteiger partial charge in [-0.05, 0) is 18.5 Å². The molecule has 2 aromatic heterocycles. The van der Waals surface area contributed by atoms with Crippen molar-refractivity contribution in [3.63, 3.8) is 0 Å². The van der Waals surface area contributed by atoms with E-state index in [1.165, 1.54) is 10.8 Å². The lowest BCUT2D eigenvalue weighted by Crippen LogP contribution is -1.94. The summed E-state index contributed by atoms with van der Waals surface area (Å²) in [5.74, 6) is 1.11. The summed E-state index contributed by atoms with van der Waals surface area (Å²) >= 11 is 5.68. The Kier molecular flexibility index (Phi) is 1.25. The molecule has 56 valence electrons. The maximum absolute atomic E-state index is 5.68. The molecule has 0 saturated heterocycles. The van der Waals surface area contributed by atoms with Gasteiger partial charge in [0.15, 0.2) is 0 Å². The quantitative estimate of drug-likeness (QED) is 0.576. The van der Waals surface area contributed by atoms with Gasteiger partial charge in [-0.25, -0.2) is 4.98 Å². The van der Waals surface area contributed by atoms with Crippen molar-refractivity contribution in [1.29, 1.82) is 0 Å². The van der Waals surface area contributed by atoms with E-state index < -0.39 is 0 Å². The molecule has 0 fully saturated rings. The average molecular weight is 170 g/mol. The third-order valence-corrected chi connectivity index (χ3v) is 1.47. The SMILES string of the molecule is Cc1nc2ncnc(Cl)n2n1. The normalized spacial score (nSPS) is 10.7. The van der Waals surface area contributed by atoms with Gasteiger partial charge in [0.1, 0.15) is 12.2 Å². The number of hydrogen-bond acceptors (Lipinski definition) is 4. The molecular weight excluding hydrogens is 166 g/mol. The Hall–Kier alpha value is -1.23. The molecule has 0 aliphatic rings. The van der Waals surface area contributed by atoms with E-state index in [4.69, 9.17) is 11.6 Å². The van der Waals surface area contributed by atoms with E-state index in [2.05, 4.69) is 20.1 Å². The van der Waals surface area contributed by atoms with Gasteiger partial charge >= 0.3 is 0 Å². The fraction of sp³-hybridized carbons (Fsp3) is 0.200. The Morgan fingerprint density at radius 3 is 3.00 bits per heavy atom. The predicted octanol–water partition coefficient (Wildman–Crippen LogP) is 0.481. The van der Waals surface area contributed by atoms with Gasteiger partial charge in [0.25, 0.3) is 5.78 Å². The third kappa shape index (κ3) is 0.932. The summed E-state index contributed by atoms with van der Waals surface area (Å²) in [6.07, 6.45) is 1.35. The van der Waals surface area contributed by atoms with Crippen LogP contribution in [0.25, 0.3) is 5.78 Å². The van der Waals surface area contributed by atoms with Crippen LogP contribution in [0.1, 0.15) is 5.82 Å². The van der Waals surface area contributed by atoms with Crippen LogP contribution in [0, 0.1) is 6.92 Å². The first-order valence-corrected chi connectivity index (χ1v) is 3.35. The second kappa shape index (κ2) is 2.13. The Balaban J connectivity index is 2.90. The molecular formula is C5H4ClN5. The lowest BCUT2D eigenvalue weighted by Gasteiger charge is -1.89. The van der Waals surface area contributed by atoms with Gasteiger partial charge in [0.05, 0.1) is 0 Å². The summed E-state index contributed by atoms with van der Waals surface area (Å²) in [7, 11) is 0. The number of nitrogens with zero attached hydrogens (tertiary/aromatic N) is 5. The minimum Gasteiger partial charge on any atom is -0.206 e. The standard InChI is InChI=1S/C5H4ClN5/c1-3-9-5-8-2-7-4(6)11(5)10-3/h2H,1H3. The van der Waals surface area contributed by atoms with E-state index in [1.807, 2.05) is 0 Å². The van der Waals surface area contributed by atoms with Crippen LogP contribution in [0.15, 0.2) is 6.33 Å². The Labute approximate surface area is 67.1 Å². The van der Waals surface area contributed by atoms with Crippen molar-refractivity contribution < 1.29 is 0 Å². The van der Waals surface area contributed by atoms with E-state index >= 15 is 0 Å². The molecule has 0 radical (unpaired) electrons. The molecule has 6 heteroatoms. The van der Waals surface area contributed by atoms with Gasteiger partial charge in [-0.15, -0.1) is 5.10 Å². The number of fused-ring (bicyclic) bond motifs is 1. The van der Waals surface area contributed by atoms with Crippen LogP contribution in [0.4, 0.5) is 0 Å². The molecule has 2 heterocycles. The van der Waals surface area contributed by atoms with E-state index in [9.17, 15) is 0 Å². The Morgan fingerprint density at radius 2 is 2.27 bits per heavy atom. The van der Waals surface area contributed by atoms with Crippen LogP contribution in [0.2, 0.25) is 5.28 Å². The summed E-state index contributed by atoms with van der Waals surface area (Å²) in [6.45, 7) is 1.77. The lowest BCUT2D eigenvalue weighted by molar-refractivity contribution is 0.877. The van der Waals surface area contributed by atoms with Gasteiger partial charge in [-0.1, -0.05) is 0 Å². The first-order chi connectivity index (χ1) is 5.27. The molecule has 0 saturated carbocycles. The predicted molar refractivity (Wildman–Crippen MR) is 38.3 cm³/mol. The zero-order valence-electron chi connectivity index (χ0n) is 5.69. The number of halogens is 1.